The number of methoxy groups -OCH3 is 1. The molecule has 14 heavy (non-hydrogen) atoms. The zero-order valence-electron chi connectivity index (χ0n) is 8.53. The number of hydrogen-bond acceptors (Lipinski definition) is 3. The summed E-state index contributed by atoms with van der Waals surface area (Å²) in [5, 5.41) is 18.6. The van der Waals surface area contributed by atoms with Crippen LogP contribution < -0.4 is 0 Å². The predicted molar refractivity (Wildman–Crippen MR) is 51.0 cm³/mol. The van der Waals surface area contributed by atoms with Gasteiger partial charge in [0.05, 0.1) is 0 Å². The Balaban J connectivity index is 2.46. The van der Waals surface area contributed by atoms with Crippen molar-refractivity contribution in [3.05, 3.63) is 0 Å². The average Bonchev–Trinajstić information content (AvgIpc) is 2.15. The van der Waals surface area contributed by atoms with Crippen LogP contribution in [-0.4, -0.2) is 35.5 Å². The molecule has 0 heterocycles. The number of aliphatic carboxylic acids is 1. The van der Waals surface area contributed by atoms with Crippen LogP contribution in [0, 0.1) is 5.92 Å². The second kappa shape index (κ2) is 4.75. The van der Waals surface area contributed by atoms with Crippen LogP contribution >= 0.6 is 0 Å². The van der Waals surface area contributed by atoms with Crippen molar-refractivity contribution >= 4 is 5.97 Å². The number of aliphatic hydroxyl groups is 1. The van der Waals surface area contributed by atoms with Gasteiger partial charge in [-0.3, -0.25) is 0 Å². The Morgan fingerprint density at radius 3 is 2.93 bits per heavy atom. The number of carboxylic acids is 1. The summed E-state index contributed by atoms with van der Waals surface area (Å²) < 4.78 is 4.94. The second-order valence-electron chi connectivity index (χ2n) is 4.08. The lowest BCUT2D eigenvalue weighted by Crippen LogP contribution is -2.43. The van der Waals surface area contributed by atoms with E-state index in [0.717, 1.165) is 19.3 Å². The third kappa shape index (κ3) is 2.69. The Kier molecular flexibility index (Phi) is 3.89. The SMILES string of the molecule is COCCC1CCCC(O)(C(=O)O)C1. The first-order chi connectivity index (χ1) is 6.58. The molecule has 1 fully saturated rings. The van der Waals surface area contributed by atoms with Crippen LogP contribution in [-0.2, 0) is 9.53 Å². The quantitative estimate of drug-likeness (QED) is 0.714. The van der Waals surface area contributed by atoms with E-state index in [9.17, 15) is 9.90 Å². The van der Waals surface area contributed by atoms with Gasteiger partial charge in [-0.25, -0.2) is 4.79 Å². The Hall–Kier alpha value is -0.610. The van der Waals surface area contributed by atoms with E-state index in [-0.39, 0.29) is 5.92 Å². The second-order valence-corrected chi connectivity index (χ2v) is 4.08. The van der Waals surface area contributed by atoms with Crippen molar-refractivity contribution in [2.75, 3.05) is 13.7 Å². The molecule has 1 aliphatic carbocycles. The van der Waals surface area contributed by atoms with Crippen molar-refractivity contribution in [3.8, 4) is 0 Å². The Bertz CT molecular complexity index is 204. The van der Waals surface area contributed by atoms with Gasteiger partial charge in [0.2, 0.25) is 0 Å². The number of ether oxygens (including phenoxy) is 1. The third-order valence-corrected chi connectivity index (χ3v) is 2.96. The molecule has 4 nitrogen and oxygen atoms in total. The fourth-order valence-electron chi connectivity index (χ4n) is 2.09. The first kappa shape index (κ1) is 11.5. The van der Waals surface area contributed by atoms with Gasteiger partial charge in [-0.2, -0.15) is 0 Å². The van der Waals surface area contributed by atoms with Crippen molar-refractivity contribution < 1.29 is 19.7 Å². The summed E-state index contributed by atoms with van der Waals surface area (Å²) in [5.41, 5.74) is -1.49. The molecule has 4 heteroatoms. The third-order valence-electron chi connectivity index (χ3n) is 2.96. The highest BCUT2D eigenvalue weighted by Crippen LogP contribution is 2.34. The maximum atomic E-state index is 10.8. The van der Waals surface area contributed by atoms with Crippen molar-refractivity contribution in [1.82, 2.24) is 0 Å². The Morgan fingerprint density at radius 2 is 2.36 bits per heavy atom. The minimum Gasteiger partial charge on any atom is -0.479 e. The zero-order valence-corrected chi connectivity index (χ0v) is 8.53. The van der Waals surface area contributed by atoms with E-state index in [0.29, 0.717) is 19.4 Å². The number of carbonyl (C=O) groups is 1. The van der Waals surface area contributed by atoms with Crippen molar-refractivity contribution in [1.29, 1.82) is 0 Å². The van der Waals surface area contributed by atoms with Gasteiger partial charge in [-0.05, 0) is 31.6 Å². The molecule has 2 unspecified atom stereocenters. The Morgan fingerprint density at radius 1 is 1.64 bits per heavy atom. The minimum atomic E-state index is -1.49. The van der Waals surface area contributed by atoms with Gasteiger partial charge in [-0.1, -0.05) is 6.42 Å². The summed E-state index contributed by atoms with van der Waals surface area (Å²) >= 11 is 0. The van der Waals surface area contributed by atoms with Gasteiger partial charge in [0.25, 0.3) is 0 Å². The molecule has 2 N–H and O–H groups in total. The van der Waals surface area contributed by atoms with Crippen LogP contribution in [0.3, 0.4) is 0 Å². The van der Waals surface area contributed by atoms with Crippen LogP contribution in [0.15, 0.2) is 0 Å². The lowest BCUT2D eigenvalue weighted by Gasteiger charge is -2.33. The van der Waals surface area contributed by atoms with Gasteiger partial charge in [0, 0.05) is 13.7 Å². The monoisotopic (exact) mass is 202 g/mol. The molecule has 2 atom stereocenters. The largest absolute Gasteiger partial charge is 0.479 e. The van der Waals surface area contributed by atoms with E-state index in [4.69, 9.17) is 9.84 Å². The van der Waals surface area contributed by atoms with Gasteiger partial charge in [0.1, 0.15) is 0 Å². The van der Waals surface area contributed by atoms with E-state index >= 15 is 0 Å². The van der Waals surface area contributed by atoms with E-state index in [1.54, 1.807) is 7.11 Å². The maximum absolute atomic E-state index is 10.8. The van der Waals surface area contributed by atoms with E-state index in [2.05, 4.69) is 0 Å². The van der Waals surface area contributed by atoms with Crippen LogP contribution in [0.1, 0.15) is 32.1 Å². The highest BCUT2D eigenvalue weighted by molar-refractivity contribution is 5.77. The van der Waals surface area contributed by atoms with Gasteiger partial charge >= 0.3 is 5.97 Å². The Labute approximate surface area is 83.9 Å². The predicted octanol–water partition coefficient (Wildman–Crippen LogP) is 1.03. The highest BCUT2D eigenvalue weighted by Gasteiger charge is 2.40. The standard InChI is InChI=1S/C10H18O4/c1-14-6-4-8-3-2-5-10(13,7-8)9(11)12/h8,13H,2-7H2,1H3,(H,11,12). The summed E-state index contributed by atoms with van der Waals surface area (Å²) in [6, 6.07) is 0. The summed E-state index contributed by atoms with van der Waals surface area (Å²) in [6.07, 6.45) is 3.37. The zero-order chi connectivity index (χ0) is 10.6. The van der Waals surface area contributed by atoms with Gasteiger partial charge in [0.15, 0.2) is 5.60 Å². The molecule has 0 aromatic carbocycles. The normalized spacial score (nSPS) is 32.9. The molecule has 0 aliphatic heterocycles. The van der Waals surface area contributed by atoms with Crippen molar-refractivity contribution in [3.63, 3.8) is 0 Å². The first-order valence-corrected chi connectivity index (χ1v) is 5.03. The molecule has 0 amide bonds. The lowest BCUT2D eigenvalue weighted by molar-refractivity contribution is -0.164. The number of hydrogen-bond donors (Lipinski definition) is 2. The minimum absolute atomic E-state index is 0.282. The van der Waals surface area contributed by atoms with E-state index in [1.807, 2.05) is 0 Å². The van der Waals surface area contributed by atoms with Crippen molar-refractivity contribution in [2.24, 2.45) is 5.92 Å². The van der Waals surface area contributed by atoms with Crippen molar-refractivity contribution in [2.45, 2.75) is 37.7 Å². The molecular weight excluding hydrogens is 184 g/mol. The smallest absolute Gasteiger partial charge is 0.335 e. The highest BCUT2D eigenvalue weighted by atomic mass is 16.5. The first-order valence-electron chi connectivity index (χ1n) is 5.03. The molecule has 1 saturated carbocycles. The molecule has 1 aliphatic rings. The molecule has 0 aromatic heterocycles. The fraction of sp³-hybridized carbons (Fsp3) is 0.900. The van der Waals surface area contributed by atoms with Crippen LogP contribution in [0.5, 0.6) is 0 Å². The van der Waals surface area contributed by atoms with Gasteiger partial charge in [-0.15, -0.1) is 0 Å². The average molecular weight is 202 g/mol. The molecule has 1 rings (SSSR count). The maximum Gasteiger partial charge on any atom is 0.335 e. The van der Waals surface area contributed by atoms with E-state index < -0.39 is 11.6 Å². The number of rotatable bonds is 4. The topological polar surface area (TPSA) is 66.8 Å². The molecule has 0 bridgehead atoms. The summed E-state index contributed by atoms with van der Waals surface area (Å²) in [4.78, 5) is 10.8. The summed E-state index contributed by atoms with van der Waals surface area (Å²) in [6.45, 7) is 0.639. The fourth-order valence-corrected chi connectivity index (χ4v) is 2.09. The van der Waals surface area contributed by atoms with Crippen LogP contribution in [0.2, 0.25) is 0 Å². The molecular formula is C10H18O4. The van der Waals surface area contributed by atoms with Gasteiger partial charge < -0.3 is 14.9 Å². The van der Waals surface area contributed by atoms with Crippen LogP contribution in [0.4, 0.5) is 0 Å². The van der Waals surface area contributed by atoms with Crippen LogP contribution in [0.25, 0.3) is 0 Å². The summed E-state index contributed by atoms with van der Waals surface area (Å²) in [7, 11) is 1.63. The molecule has 0 saturated heterocycles. The van der Waals surface area contributed by atoms with E-state index in [1.165, 1.54) is 0 Å². The molecule has 0 spiro atoms. The number of carboxylic acid groups (broad SMARTS) is 1. The summed E-state index contributed by atoms with van der Waals surface area (Å²) in [5.74, 6) is -0.801. The molecule has 82 valence electrons. The lowest BCUT2D eigenvalue weighted by atomic mass is 9.77. The molecule has 0 radical (unpaired) electrons. The molecule has 0 aromatic rings.